The molecule has 1 aliphatic heterocycles. The lowest BCUT2D eigenvalue weighted by molar-refractivity contribution is -0.122. The molecule has 0 aliphatic carbocycles. The number of piperidine rings is 1. The summed E-state index contributed by atoms with van der Waals surface area (Å²) in [5.41, 5.74) is 0. The molecule has 0 bridgehead atoms. The molecule has 22 heavy (non-hydrogen) atoms. The molecule has 0 saturated carbocycles. The number of hydrogen-bond acceptors (Lipinski definition) is 4. The van der Waals surface area contributed by atoms with Crippen LogP contribution >= 0.6 is 11.8 Å². The number of carbonyl (C=O) groups excluding carboxylic acids is 1. The number of nitrogens with zero attached hydrogens (tertiary/aromatic N) is 2. The third-order valence-corrected chi connectivity index (χ3v) is 4.56. The van der Waals surface area contributed by atoms with Crippen LogP contribution in [-0.2, 0) is 4.79 Å². The topological polar surface area (TPSA) is 68.8 Å². The third-order valence-electron chi connectivity index (χ3n) is 3.87. The summed E-state index contributed by atoms with van der Waals surface area (Å²) < 4.78 is 0. The molecule has 0 aromatic carbocycles. The van der Waals surface area contributed by atoms with E-state index in [1.807, 2.05) is 18.8 Å². The van der Waals surface area contributed by atoms with Crippen LogP contribution in [0.4, 0.5) is 0 Å². The molecule has 7 heteroatoms. The lowest BCUT2D eigenvalue weighted by Crippen LogP contribution is -2.50. The fraction of sp³-hybridized carbons (Fsp3) is 0.867. The van der Waals surface area contributed by atoms with Crippen LogP contribution in [0.15, 0.2) is 4.99 Å². The number of aliphatic imine (C=N–C) groups is 1. The Kier molecular flexibility index (Phi) is 10.1. The summed E-state index contributed by atoms with van der Waals surface area (Å²) >= 11 is 1.89. The van der Waals surface area contributed by atoms with E-state index in [-0.39, 0.29) is 5.91 Å². The van der Waals surface area contributed by atoms with Crippen molar-refractivity contribution in [3.63, 3.8) is 0 Å². The van der Waals surface area contributed by atoms with Crippen LogP contribution < -0.4 is 16.0 Å². The minimum absolute atomic E-state index is 0.0918. The van der Waals surface area contributed by atoms with E-state index in [0.29, 0.717) is 12.6 Å². The molecule has 1 heterocycles. The van der Waals surface area contributed by atoms with Gasteiger partial charge in [-0.2, -0.15) is 11.8 Å². The molecule has 128 valence electrons. The first kappa shape index (κ1) is 19.1. The highest BCUT2D eigenvalue weighted by atomic mass is 32.2. The van der Waals surface area contributed by atoms with Crippen molar-refractivity contribution in [2.45, 2.75) is 31.7 Å². The lowest BCUT2D eigenvalue weighted by Gasteiger charge is -2.32. The first-order chi connectivity index (χ1) is 10.7. The van der Waals surface area contributed by atoms with Gasteiger partial charge in [0.2, 0.25) is 5.91 Å². The predicted octanol–water partition coefficient (Wildman–Crippen LogP) is 0.505. The Morgan fingerprint density at radius 2 is 2.05 bits per heavy atom. The number of likely N-dealkylation sites (tertiary alicyclic amines) is 1. The van der Waals surface area contributed by atoms with Crippen LogP contribution in [0.5, 0.6) is 0 Å². The van der Waals surface area contributed by atoms with Crippen LogP contribution in [0, 0.1) is 0 Å². The van der Waals surface area contributed by atoms with Crippen molar-refractivity contribution in [3.8, 4) is 0 Å². The summed E-state index contributed by atoms with van der Waals surface area (Å²) in [5, 5.41) is 9.55. The first-order valence-electron chi connectivity index (χ1n) is 8.08. The number of thioether (sulfide) groups is 1. The molecule has 1 aliphatic rings. The molecule has 0 aromatic heterocycles. The average Bonchev–Trinajstić information content (AvgIpc) is 2.55. The van der Waals surface area contributed by atoms with Gasteiger partial charge < -0.3 is 16.0 Å². The second-order valence-electron chi connectivity index (χ2n) is 5.57. The van der Waals surface area contributed by atoms with E-state index >= 15 is 0 Å². The number of rotatable bonds is 8. The van der Waals surface area contributed by atoms with Gasteiger partial charge >= 0.3 is 0 Å². The average molecular weight is 330 g/mol. The van der Waals surface area contributed by atoms with E-state index in [1.54, 1.807) is 7.05 Å². The number of likely N-dealkylation sites (N-methyl/N-ethyl adjacent to an activating group) is 1. The fourth-order valence-corrected chi connectivity index (χ4v) is 2.98. The summed E-state index contributed by atoms with van der Waals surface area (Å²) in [6, 6.07) is 0.443. The molecule has 3 N–H and O–H groups in total. The Morgan fingerprint density at radius 1 is 1.32 bits per heavy atom. The Balaban J connectivity index is 2.19. The standard InChI is InChI=1S/C15H31N5OS/c1-16-14(21)12-20-9-6-13(7-10-20)19-15(17-2)18-8-4-5-11-22-3/h13H,4-12H2,1-3H3,(H,16,21)(H2,17,18,19). The maximum Gasteiger partial charge on any atom is 0.233 e. The third kappa shape index (κ3) is 7.89. The molecule has 1 amide bonds. The predicted molar refractivity (Wildman–Crippen MR) is 95.6 cm³/mol. The van der Waals surface area contributed by atoms with Gasteiger partial charge in [-0.1, -0.05) is 0 Å². The van der Waals surface area contributed by atoms with E-state index in [2.05, 4.69) is 32.1 Å². The minimum atomic E-state index is 0.0918. The van der Waals surface area contributed by atoms with E-state index in [9.17, 15) is 4.79 Å². The van der Waals surface area contributed by atoms with Crippen LogP contribution in [0.2, 0.25) is 0 Å². The molecule has 6 nitrogen and oxygen atoms in total. The highest BCUT2D eigenvalue weighted by molar-refractivity contribution is 7.98. The second-order valence-corrected chi connectivity index (χ2v) is 6.55. The Morgan fingerprint density at radius 3 is 2.64 bits per heavy atom. The summed E-state index contributed by atoms with van der Waals surface area (Å²) in [6.07, 6.45) is 6.65. The zero-order valence-corrected chi connectivity index (χ0v) is 15.0. The van der Waals surface area contributed by atoms with Gasteiger partial charge in [0.15, 0.2) is 5.96 Å². The Bertz CT molecular complexity index is 343. The van der Waals surface area contributed by atoms with Crippen molar-refractivity contribution in [2.75, 3.05) is 52.3 Å². The zero-order valence-electron chi connectivity index (χ0n) is 14.2. The highest BCUT2D eigenvalue weighted by Gasteiger charge is 2.21. The minimum Gasteiger partial charge on any atom is -0.358 e. The highest BCUT2D eigenvalue weighted by Crippen LogP contribution is 2.09. The Labute approximate surface area is 138 Å². The van der Waals surface area contributed by atoms with Gasteiger partial charge in [-0.3, -0.25) is 14.7 Å². The smallest absolute Gasteiger partial charge is 0.233 e. The quantitative estimate of drug-likeness (QED) is 0.344. The molecule has 1 fully saturated rings. The molecule has 0 aromatic rings. The summed E-state index contributed by atoms with van der Waals surface area (Å²) in [7, 11) is 3.50. The van der Waals surface area contributed by atoms with Gasteiger partial charge in [-0.25, -0.2) is 0 Å². The van der Waals surface area contributed by atoms with Gasteiger partial charge in [0.05, 0.1) is 6.54 Å². The molecule has 1 saturated heterocycles. The number of guanidine groups is 1. The number of hydrogen-bond donors (Lipinski definition) is 3. The van der Waals surface area contributed by atoms with Gasteiger partial charge in [0.1, 0.15) is 0 Å². The van der Waals surface area contributed by atoms with Crippen molar-refractivity contribution in [1.29, 1.82) is 0 Å². The van der Waals surface area contributed by atoms with Crippen molar-refractivity contribution < 1.29 is 4.79 Å². The molecule has 0 atom stereocenters. The fourth-order valence-electron chi connectivity index (χ4n) is 2.48. The van der Waals surface area contributed by atoms with E-state index < -0.39 is 0 Å². The maximum atomic E-state index is 11.4. The van der Waals surface area contributed by atoms with E-state index in [1.165, 1.54) is 18.6 Å². The van der Waals surface area contributed by atoms with Gasteiger partial charge in [0, 0.05) is 39.8 Å². The monoisotopic (exact) mass is 329 g/mol. The number of carbonyl (C=O) groups is 1. The Hall–Kier alpha value is -0.950. The summed E-state index contributed by atoms with van der Waals surface area (Å²) in [5.74, 6) is 2.21. The van der Waals surface area contributed by atoms with Crippen molar-refractivity contribution >= 4 is 23.6 Å². The van der Waals surface area contributed by atoms with Crippen LogP contribution in [0.1, 0.15) is 25.7 Å². The molecule has 0 unspecified atom stereocenters. The van der Waals surface area contributed by atoms with E-state index in [4.69, 9.17) is 0 Å². The van der Waals surface area contributed by atoms with Gasteiger partial charge in [0.25, 0.3) is 0 Å². The van der Waals surface area contributed by atoms with Crippen molar-refractivity contribution in [3.05, 3.63) is 0 Å². The summed E-state index contributed by atoms with van der Waals surface area (Å²) in [4.78, 5) is 17.9. The molecule has 0 radical (unpaired) electrons. The lowest BCUT2D eigenvalue weighted by atomic mass is 10.1. The van der Waals surface area contributed by atoms with Crippen molar-refractivity contribution in [2.24, 2.45) is 4.99 Å². The normalized spacial score (nSPS) is 17.3. The van der Waals surface area contributed by atoms with Crippen LogP contribution in [0.3, 0.4) is 0 Å². The molecular formula is C15H31N5OS. The van der Waals surface area contributed by atoms with Gasteiger partial charge in [-0.05, 0) is 37.7 Å². The first-order valence-corrected chi connectivity index (χ1v) is 9.48. The molecule has 0 spiro atoms. The number of nitrogens with one attached hydrogen (secondary N) is 3. The maximum absolute atomic E-state index is 11.4. The molecule has 1 rings (SSSR count). The molecular weight excluding hydrogens is 298 g/mol. The van der Waals surface area contributed by atoms with E-state index in [0.717, 1.165) is 38.4 Å². The number of unbranched alkanes of at least 4 members (excludes halogenated alkanes) is 1. The van der Waals surface area contributed by atoms with Gasteiger partial charge in [-0.15, -0.1) is 0 Å². The summed E-state index contributed by atoms with van der Waals surface area (Å²) in [6.45, 7) is 3.38. The van der Waals surface area contributed by atoms with Crippen LogP contribution in [-0.4, -0.2) is 75.1 Å². The number of amides is 1. The zero-order chi connectivity index (χ0) is 16.2. The van der Waals surface area contributed by atoms with Crippen LogP contribution in [0.25, 0.3) is 0 Å². The van der Waals surface area contributed by atoms with Crippen molar-refractivity contribution in [1.82, 2.24) is 20.9 Å². The SMILES string of the molecule is CN=C(NCCCCSC)NC1CCN(CC(=O)NC)CC1. The largest absolute Gasteiger partial charge is 0.358 e. The second kappa shape index (κ2) is 11.6.